The van der Waals surface area contributed by atoms with Crippen LogP contribution in [0.5, 0.6) is 0 Å². The Morgan fingerprint density at radius 3 is 2.53 bits per heavy atom. The third-order valence-electron chi connectivity index (χ3n) is 3.21. The number of methoxy groups -OCH3 is 1. The predicted octanol–water partition coefficient (Wildman–Crippen LogP) is 2.29. The molecule has 1 unspecified atom stereocenters. The summed E-state index contributed by atoms with van der Waals surface area (Å²) in [5.41, 5.74) is 7.00. The zero-order chi connectivity index (χ0) is 11.3. The fourth-order valence-corrected chi connectivity index (χ4v) is 1.97. The highest BCUT2D eigenvalue weighted by Gasteiger charge is 2.34. The third kappa shape index (κ3) is 2.36. The largest absolute Gasteiger partial charge is 0.376 e. The summed E-state index contributed by atoms with van der Waals surface area (Å²) in [6.07, 6.45) is 5.36. The van der Waals surface area contributed by atoms with Gasteiger partial charge in [0.25, 0.3) is 0 Å². The second-order valence-electron chi connectivity index (χ2n) is 3.74. The zero-order valence-electron chi connectivity index (χ0n) is 9.73. The molecule has 1 heterocycles. The molecule has 0 amide bonds. The Bertz CT molecular complexity index is 275. The summed E-state index contributed by atoms with van der Waals surface area (Å²) in [7, 11) is 1.73. The van der Waals surface area contributed by atoms with Gasteiger partial charge in [0.2, 0.25) is 0 Å². The van der Waals surface area contributed by atoms with E-state index >= 15 is 0 Å². The lowest BCUT2D eigenvalue weighted by Gasteiger charge is -2.36. The predicted molar refractivity (Wildman–Crippen MR) is 61.5 cm³/mol. The molecule has 0 fully saturated rings. The summed E-state index contributed by atoms with van der Waals surface area (Å²) in [5, 5.41) is 0. The first-order chi connectivity index (χ1) is 7.20. The van der Waals surface area contributed by atoms with E-state index in [0.29, 0.717) is 0 Å². The molecule has 0 saturated heterocycles. The Morgan fingerprint density at radius 1 is 1.47 bits per heavy atom. The molecule has 0 spiro atoms. The smallest absolute Gasteiger partial charge is 0.0865 e. The van der Waals surface area contributed by atoms with Crippen molar-refractivity contribution >= 4 is 0 Å². The van der Waals surface area contributed by atoms with Crippen molar-refractivity contribution in [1.29, 1.82) is 0 Å². The van der Waals surface area contributed by atoms with Crippen molar-refractivity contribution in [1.82, 2.24) is 4.98 Å². The van der Waals surface area contributed by atoms with Gasteiger partial charge >= 0.3 is 0 Å². The molecule has 1 atom stereocenters. The summed E-state index contributed by atoms with van der Waals surface area (Å²) < 4.78 is 5.60. The molecule has 0 bridgehead atoms. The lowest BCUT2D eigenvalue weighted by Crippen LogP contribution is -2.42. The Kier molecular flexibility index (Phi) is 4.24. The van der Waals surface area contributed by atoms with Gasteiger partial charge in [-0.05, 0) is 24.5 Å². The van der Waals surface area contributed by atoms with E-state index in [1.807, 2.05) is 18.3 Å². The Labute approximate surface area is 91.7 Å². The highest BCUT2D eigenvalue weighted by atomic mass is 16.5. The molecule has 1 rings (SSSR count). The molecule has 0 aliphatic carbocycles. The molecule has 1 aromatic heterocycles. The molecule has 0 aliphatic rings. The van der Waals surface area contributed by atoms with Crippen LogP contribution in [0.2, 0.25) is 0 Å². The second kappa shape index (κ2) is 5.24. The lowest BCUT2D eigenvalue weighted by molar-refractivity contribution is -0.0386. The maximum atomic E-state index is 6.24. The van der Waals surface area contributed by atoms with Crippen LogP contribution in [0, 0.1) is 0 Å². The van der Waals surface area contributed by atoms with Crippen LogP contribution >= 0.6 is 0 Å². The van der Waals surface area contributed by atoms with Crippen LogP contribution < -0.4 is 5.73 Å². The van der Waals surface area contributed by atoms with Gasteiger partial charge in [0, 0.05) is 19.5 Å². The molecule has 0 aliphatic heterocycles. The van der Waals surface area contributed by atoms with Crippen molar-refractivity contribution in [3.8, 4) is 0 Å². The highest BCUT2D eigenvalue weighted by Crippen LogP contribution is 2.32. The molecule has 3 nitrogen and oxygen atoms in total. The van der Waals surface area contributed by atoms with Gasteiger partial charge in [0.1, 0.15) is 0 Å². The number of nitrogens with two attached hydrogens (primary N) is 1. The topological polar surface area (TPSA) is 48.1 Å². The van der Waals surface area contributed by atoms with Gasteiger partial charge in [-0.1, -0.05) is 19.9 Å². The molecule has 0 aromatic carbocycles. The van der Waals surface area contributed by atoms with E-state index < -0.39 is 0 Å². The minimum atomic E-state index is -0.275. The van der Waals surface area contributed by atoms with Crippen molar-refractivity contribution in [2.24, 2.45) is 5.73 Å². The standard InChI is InChI=1S/C12H20N2O/c1-4-12(5-2,15-3)11(13)10-7-6-8-14-9-10/h6-9,11H,4-5,13H2,1-3H3. The normalized spacial score (nSPS) is 13.9. The SMILES string of the molecule is CCC(CC)(OC)C(N)c1cccnc1. The Morgan fingerprint density at radius 2 is 2.13 bits per heavy atom. The van der Waals surface area contributed by atoms with Crippen molar-refractivity contribution in [2.75, 3.05) is 7.11 Å². The van der Waals surface area contributed by atoms with Crippen molar-refractivity contribution < 1.29 is 4.74 Å². The van der Waals surface area contributed by atoms with Gasteiger partial charge in [-0.2, -0.15) is 0 Å². The van der Waals surface area contributed by atoms with E-state index in [0.717, 1.165) is 18.4 Å². The van der Waals surface area contributed by atoms with Crippen molar-refractivity contribution in [3.63, 3.8) is 0 Å². The minimum absolute atomic E-state index is 0.119. The Balaban J connectivity index is 2.95. The number of hydrogen-bond donors (Lipinski definition) is 1. The van der Waals surface area contributed by atoms with Crippen LogP contribution in [0.4, 0.5) is 0 Å². The average molecular weight is 208 g/mol. The summed E-state index contributed by atoms with van der Waals surface area (Å²) in [6, 6.07) is 3.78. The number of hydrogen-bond acceptors (Lipinski definition) is 3. The number of aromatic nitrogens is 1. The van der Waals surface area contributed by atoms with E-state index in [4.69, 9.17) is 10.5 Å². The molecule has 84 valence electrons. The van der Waals surface area contributed by atoms with Crippen molar-refractivity contribution in [3.05, 3.63) is 30.1 Å². The number of rotatable bonds is 5. The van der Waals surface area contributed by atoms with E-state index in [9.17, 15) is 0 Å². The lowest BCUT2D eigenvalue weighted by atomic mass is 9.85. The molecular weight excluding hydrogens is 188 g/mol. The van der Waals surface area contributed by atoms with Crippen LogP contribution in [0.25, 0.3) is 0 Å². The van der Waals surface area contributed by atoms with E-state index in [1.54, 1.807) is 13.3 Å². The second-order valence-corrected chi connectivity index (χ2v) is 3.74. The maximum Gasteiger partial charge on any atom is 0.0865 e. The number of pyridine rings is 1. The molecular formula is C12H20N2O. The fraction of sp³-hybridized carbons (Fsp3) is 0.583. The van der Waals surface area contributed by atoms with Crippen LogP contribution in [-0.2, 0) is 4.74 Å². The van der Waals surface area contributed by atoms with Crippen molar-refractivity contribution in [2.45, 2.75) is 38.3 Å². The summed E-state index contributed by atoms with van der Waals surface area (Å²) in [4.78, 5) is 4.09. The van der Waals surface area contributed by atoms with Crippen LogP contribution in [-0.4, -0.2) is 17.7 Å². The van der Waals surface area contributed by atoms with Gasteiger partial charge in [-0.15, -0.1) is 0 Å². The highest BCUT2D eigenvalue weighted by molar-refractivity contribution is 5.17. The van der Waals surface area contributed by atoms with Crippen LogP contribution in [0.3, 0.4) is 0 Å². The summed E-state index contributed by atoms with van der Waals surface area (Å²) in [6.45, 7) is 4.20. The molecule has 0 radical (unpaired) electrons. The first-order valence-electron chi connectivity index (χ1n) is 5.40. The summed E-state index contributed by atoms with van der Waals surface area (Å²) >= 11 is 0. The van der Waals surface area contributed by atoms with E-state index in [2.05, 4.69) is 18.8 Å². The first kappa shape index (κ1) is 12.1. The molecule has 0 saturated carbocycles. The van der Waals surface area contributed by atoms with Gasteiger partial charge in [0.05, 0.1) is 11.6 Å². The number of ether oxygens (including phenoxy) is 1. The fourth-order valence-electron chi connectivity index (χ4n) is 1.97. The van der Waals surface area contributed by atoms with Gasteiger partial charge in [-0.3, -0.25) is 4.98 Å². The maximum absolute atomic E-state index is 6.24. The van der Waals surface area contributed by atoms with Gasteiger partial charge in [-0.25, -0.2) is 0 Å². The monoisotopic (exact) mass is 208 g/mol. The molecule has 15 heavy (non-hydrogen) atoms. The van der Waals surface area contributed by atoms with Crippen LogP contribution in [0.15, 0.2) is 24.5 Å². The average Bonchev–Trinajstić information content (AvgIpc) is 2.33. The third-order valence-corrected chi connectivity index (χ3v) is 3.21. The molecule has 2 N–H and O–H groups in total. The minimum Gasteiger partial charge on any atom is -0.376 e. The van der Waals surface area contributed by atoms with Crippen LogP contribution in [0.1, 0.15) is 38.3 Å². The first-order valence-corrected chi connectivity index (χ1v) is 5.40. The van der Waals surface area contributed by atoms with E-state index in [-0.39, 0.29) is 11.6 Å². The quantitative estimate of drug-likeness (QED) is 0.807. The molecule has 1 aromatic rings. The zero-order valence-corrected chi connectivity index (χ0v) is 9.73. The van der Waals surface area contributed by atoms with Gasteiger partial charge < -0.3 is 10.5 Å². The van der Waals surface area contributed by atoms with Gasteiger partial charge in [0.15, 0.2) is 0 Å². The number of nitrogens with zero attached hydrogens (tertiary/aromatic N) is 1. The summed E-state index contributed by atoms with van der Waals surface area (Å²) in [5.74, 6) is 0. The molecule has 3 heteroatoms. The van der Waals surface area contributed by atoms with E-state index in [1.165, 1.54) is 0 Å². The Hall–Kier alpha value is -0.930.